The Labute approximate surface area is 169 Å². The van der Waals surface area contributed by atoms with Gasteiger partial charge in [-0.05, 0) is 48.4 Å². The summed E-state index contributed by atoms with van der Waals surface area (Å²) in [6.07, 6.45) is 3.75. The van der Waals surface area contributed by atoms with Gasteiger partial charge in [0.1, 0.15) is 12.4 Å². The molecule has 1 amide bonds. The molecule has 0 bridgehead atoms. The molecule has 8 heteroatoms. The van der Waals surface area contributed by atoms with Crippen LogP contribution in [0, 0.1) is 0 Å². The Hall–Kier alpha value is -2.51. The van der Waals surface area contributed by atoms with Gasteiger partial charge in [-0.1, -0.05) is 29.8 Å². The zero-order valence-corrected chi connectivity index (χ0v) is 16.7. The third-order valence-electron chi connectivity index (χ3n) is 4.17. The zero-order valence-electron chi connectivity index (χ0n) is 15.2. The van der Waals surface area contributed by atoms with Crippen molar-refractivity contribution in [3.05, 3.63) is 65.2 Å². The maximum Gasteiger partial charge on any atom is 0.244 e. The number of halogens is 1. The first-order valence-electron chi connectivity index (χ1n) is 8.89. The van der Waals surface area contributed by atoms with E-state index in [4.69, 9.17) is 16.3 Å². The van der Waals surface area contributed by atoms with Gasteiger partial charge in [0.25, 0.3) is 0 Å². The maximum atomic E-state index is 11.9. The number of ether oxygens (including phenoxy) is 1. The van der Waals surface area contributed by atoms with E-state index in [-0.39, 0.29) is 11.7 Å². The number of benzene rings is 2. The summed E-state index contributed by atoms with van der Waals surface area (Å²) in [5.41, 5.74) is 1.46. The second kappa shape index (κ2) is 9.12. The van der Waals surface area contributed by atoms with Crippen LogP contribution in [0.25, 0.3) is 6.08 Å². The molecule has 28 heavy (non-hydrogen) atoms. The summed E-state index contributed by atoms with van der Waals surface area (Å²) in [5.74, 6) is 0.605. The molecule has 1 saturated heterocycles. The van der Waals surface area contributed by atoms with Crippen LogP contribution in [0.1, 0.15) is 12.0 Å². The highest BCUT2D eigenvalue weighted by Gasteiger charge is 2.28. The Morgan fingerprint density at radius 3 is 2.68 bits per heavy atom. The lowest BCUT2D eigenvalue weighted by molar-refractivity contribution is -0.116. The van der Waals surface area contributed by atoms with Crippen LogP contribution in [0.2, 0.25) is 5.02 Å². The molecule has 0 aromatic heterocycles. The predicted molar refractivity (Wildman–Crippen MR) is 111 cm³/mol. The van der Waals surface area contributed by atoms with Crippen molar-refractivity contribution >= 4 is 39.3 Å². The minimum atomic E-state index is -3.18. The van der Waals surface area contributed by atoms with E-state index in [0.29, 0.717) is 42.6 Å². The molecule has 1 aliphatic heterocycles. The number of rotatable bonds is 7. The van der Waals surface area contributed by atoms with E-state index in [9.17, 15) is 13.2 Å². The van der Waals surface area contributed by atoms with Gasteiger partial charge < -0.3 is 10.1 Å². The van der Waals surface area contributed by atoms with Crippen LogP contribution in [-0.2, 0) is 14.8 Å². The molecule has 6 nitrogen and oxygen atoms in total. The molecule has 2 aromatic rings. The summed E-state index contributed by atoms with van der Waals surface area (Å²) in [4.78, 5) is 11.9. The molecule has 0 radical (unpaired) electrons. The predicted octanol–water partition coefficient (Wildman–Crippen LogP) is 3.09. The van der Waals surface area contributed by atoms with Gasteiger partial charge in [-0.2, -0.15) is 0 Å². The van der Waals surface area contributed by atoms with Crippen molar-refractivity contribution in [3.8, 4) is 5.75 Å². The van der Waals surface area contributed by atoms with Crippen molar-refractivity contribution in [1.82, 2.24) is 5.32 Å². The lowest BCUT2D eigenvalue weighted by atomic mass is 10.2. The lowest BCUT2D eigenvalue weighted by Gasteiger charge is -2.16. The maximum absolute atomic E-state index is 11.9. The molecule has 2 aromatic carbocycles. The normalized spacial score (nSPS) is 15.7. The lowest BCUT2D eigenvalue weighted by Crippen LogP contribution is -2.26. The fourth-order valence-corrected chi connectivity index (χ4v) is 4.56. The number of nitrogens with zero attached hydrogens (tertiary/aromatic N) is 1. The van der Waals surface area contributed by atoms with Gasteiger partial charge in [0.05, 0.1) is 18.0 Å². The number of nitrogens with one attached hydrogen (secondary N) is 1. The minimum Gasteiger partial charge on any atom is -0.492 e. The topological polar surface area (TPSA) is 75.7 Å². The number of carbonyl (C=O) groups is 1. The molecule has 1 aliphatic rings. The number of carbonyl (C=O) groups excluding carboxylic acids is 1. The van der Waals surface area contributed by atoms with Gasteiger partial charge >= 0.3 is 0 Å². The van der Waals surface area contributed by atoms with Crippen LogP contribution >= 0.6 is 11.6 Å². The van der Waals surface area contributed by atoms with E-state index in [2.05, 4.69) is 5.32 Å². The van der Waals surface area contributed by atoms with Crippen molar-refractivity contribution in [2.75, 3.05) is 29.8 Å². The van der Waals surface area contributed by atoms with Crippen molar-refractivity contribution < 1.29 is 17.9 Å². The molecule has 1 heterocycles. The Kier molecular flexibility index (Phi) is 6.59. The van der Waals surface area contributed by atoms with Crippen LogP contribution in [0.5, 0.6) is 5.75 Å². The molecular formula is C20H21ClN2O4S. The smallest absolute Gasteiger partial charge is 0.244 e. The Bertz CT molecular complexity index is 958. The van der Waals surface area contributed by atoms with E-state index in [1.165, 1.54) is 10.4 Å². The largest absolute Gasteiger partial charge is 0.492 e. The second-order valence-corrected chi connectivity index (χ2v) is 8.71. The van der Waals surface area contributed by atoms with E-state index < -0.39 is 10.0 Å². The first kappa shape index (κ1) is 20.2. The van der Waals surface area contributed by atoms with Crippen LogP contribution < -0.4 is 14.4 Å². The molecule has 0 unspecified atom stereocenters. The van der Waals surface area contributed by atoms with E-state index >= 15 is 0 Å². The minimum absolute atomic E-state index is 0.190. The number of amides is 1. The first-order chi connectivity index (χ1) is 13.4. The van der Waals surface area contributed by atoms with Gasteiger partial charge in [-0.15, -0.1) is 0 Å². The third-order valence-corrected chi connectivity index (χ3v) is 6.28. The summed E-state index contributed by atoms with van der Waals surface area (Å²) in [5, 5.41) is 3.33. The van der Waals surface area contributed by atoms with E-state index in [1.807, 2.05) is 0 Å². The van der Waals surface area contributed by atoms with Crippen LogP contribution in [0.3, 0.4) is 0 Å². The number of anilines is 1. The summed E-state index contributed by atoms with van der Waals surface area (Å²) in [6.45, 7) is 1.21. The molecule has 3 rings (SSSR count). The second-order valence-electron chi connectivity index (χ2n) is 6.26. The number of hydrogen-bond donors (Lipinski definition) is 1. The van der Waals surface area contributed by atoms with Gasteiger partial charge in [-0.3, -0.25) is 9.10 Å². The zero-order chi connectivity index (χ0) is 20.0. The van der Waals surface area contributed by atoms with Crippen LogP contribution in [-0.4, -0.2) is 39.8 Å². The summed E-state index contributed by atoms with van der Waals surface area (Å²) >= 11 is 5.88. The van der Waals surface area contributed by atoms with Crippen LogP contribution in [0.15, 0.2) is 54.6 Å². The van der Waals surface area contributed by atoms with Crippen molar-refractivity contribution in [2.24, 2.45) is 0 Å². The molecule has 0 spiro atoms. The number of sulfonamides is 1. The fourth-order valence-electron chi connectivity index (χ4n) is 2.81. The average Bonchev–Trinajstić information content (AvgIpc) is 3.03. The molecule has 1 fully saturated rings. The quantitative estimate of drug-likeness (QED) is 0.551. The number of hydrogen-bond acceptors (Lipinski definition) is 4. The van der Waals surface area contributed by atoms with Crippen molar-refractivity contribution in [2.45, 2.75) is 6.42 Å². The molecule has 1 N–H and O–H groups in total. The molecule has 0 aliphatic carbocycles. The Balaban J connectivity index is 1.45. The van der Waals surface area contributed by atoms with Crippen molar-refractivity contribution in [1.29, 1.82) is 0 Å². The summed E-state index contributed by atoms with van der Waals surface area (Å²) in [7, 11) is -3.18. The monoisotopic (exact) mass is 420 g/mol. The summed E-state index contributed by atoms with van der Waals surface area (Å²) < 4.78 is 30.8. The van der Waals surface area contributed by atoms with E-state index in [0.717, 1.165) is 5.56 Å². The first-order valence-corrected chi connectivity index (χ1v) is 10.9. The highest BCUT2D eigenvalue weighted by molar-refractivity contribution is 7.93. The highest BCUT2D eigenvalue weighted by Crippen LogP contribution is 2.24. The van der Waals surface area contributed by atoms with Gasteiger partial charge in [0, 0.05) is 17.6 Å². The highest BCUT2D eigenvalue weighted by atomic mass is 35.5. The average molecular weight is 421 g/mol. The van der Waals surface area contributed by atoms with Gasteiger partial charge in [-0.25, -0.2) is 8.42 Å². The summed E-state index contributed by atoms with van der Waals surface area (Å²) in [6, 6.07) is 14.1. The fraction of sp³-hybridized carbons (Fsp3) is 0.250. The van der Waals surface area contributed by atoms with Gasteiger partial charge in [0.2, 0.25) is 15.9 Å². The standard InChI is InChI=1S/C20H21ClN2O4S/c21-17-3-1-4-19(15-17)27-13-11-22-20(24)10-7-16-5-8-18(9-6-16)23-12-2-14-28(23,25)26/h1,3-10,15H,2,11-14H2,(H,22,24)/b10-7+. The third kappa shape index (κ3) is 5.50. The Morgan fingerprint density at radius 2 is 2.00 bits per heavy atom. The van der Waals surface area contributed by atoms with Gasteiger partial charge in [0.15, 0.2) is 0 Å². The Morgan fingerprint density at radius 1 is 1.21 bits per heavy atom. The van der Waals surface area contributed by atoms with E-state index in [1.54, 1.807) is 54.6 Å². The van der Waals surface area contributed by atoms with Crippen molar-refractivity contribution in [3.63, 3.8) is 0 Å². The SMILES string of the molecule is O=C(/C=C/c1ccc(N2CCCS2(=O)=O)cc1)NCCOc1cccc(Cl)c1. The molecule has 148 valence electrons. The molecule has 0 atom stereocenters. The molecular weight excluding hydrogens is 400 g/mol. The molecule has 0 saturated carbocycles. The van der Waals surface area contributed by atoms with Crippen LogP contribution in [0.4, 0.5) is 5.69 Å².